The van der Waals surface area contributed by atoms with Crippen molar-refractivity contribution >= 4 is 12.0 Å². The van der Waals surface area contributed by atoms with E-state index in [9.17, 15) is 4.79 Å². The van der Waals surface area contributed by atoms with E-state index < -0.39 is 0 Å². The molecule has 2 heteroatoms. The summed E-state index contributed by atoms with van der Waals surface area (Å²) < 4.78 is 0. The fourth-order valence-electron chi connectivity index (χ4n) is 1.58. The second-order valence-electron chi connectivity index (χ2n) is 3.29. The molecular weight excluding hydrogens is 186 g/mol. The van der Waals surface area contributed by atoms with Crippen LogP contribution in [0.5, 0.6) is 0 Å². The Morgan fingerprint density at radius 2 is 1.67 bits per heavy atom. The lowest BCUT2D eigenvalue weighted by atomic mass is 9.99. The summed E-state index contributed by atoms with van der Waals surface area (Å²) in [4.78, 5) is 10.9. The van der Waals surface area contributed by atoms with Gasteiger partial charge in [0.1, 0.15) is 0 Å². The molecule has 2 aromatic rings. The second kappa shape index (κ2) is 3.96. The zero-order valence-corrected chi connectivity index (χ0v) is 8.18. The lowest BCUT2D eigenvalue weighted by Crippen LogP contribution is -1.95. The van der Waals surface area contributed by atoms with Gasteiger partial charge in [0.2, 0.25) is 0 Å². The standard InChI is InChI=1S/C13H11NO/c14-13-8-4-7-11(12(13)9-15)10-5-2-1-3-6-10/h1-9H,14H2. The first-order valence-electron chi connectivity index (χ1n) is 4.72. The summed E-state index contributed by atoms with van der Waals surface area (Å²) in [6.45, 7) is 0. The zero-order chi connectivity index (χ0) is 10.7. The van der Waals surface area contributed by atoms with Gasteiger partial charge in [-0.3, -0.25) is 4.79 Å². The number of hydrogen-bond donors (Lipinski definition) is 1. The van der Waals surface area contributed by atoms with E-state index in [0.29, 0.717) is 11.3 Å². The topological polar surface area (TPSA) is 43.1 Å². The maximum absolute atomic E-state index is 10.9. The zero-order valence-electron chi connectivity index (χ0n) is 8.18. The molecule has 0 atom stereocenters. The molecule has 74 valence electrons. The minimum atomic E-state index is 0.520. The number of nitrogen functional groups attached to an aromatic ring is 1. The van der Waals surface area contributed by atoms with Crippen molar-refractivity contribution in [2.75, 3.05) is 5.73 Å². The van der Waals surface area contributed by atoms with Gasteiger partial charge in [-0.25, -0.2) is 0 Å². The number of carbonyl (C=O) groups excluding carboxylic acids is 1. The first-order valence-corrected chi connectivity index (χ1v) is 4.72. The highest BCUT2D eigenvalue weighted by molar-refractivity contribution is 5.93. The molecule has 0 saturated carbocycles. The molecule has 0 spiro atoms. The van der Waals surface area contributed by atoms with Crippen molar-refractivity contribution in [3.63, 3.8) is 0 Å². The van der Waals surface area contributed by atoms with Crippen molar-refractivity contribution in [1.29, 1.82) is 0 Å². The number of aldehydes is 1. The Morgan fingerprint density at radius 1 is 0.933 bits per heavy atom. The molecule has 0 radical (unpaired) electrons. The van der Waals surface area contributed by atoms with Crippen molar-refractivity contribution in [1.82, 2.24) is 0 Å². The van der Waals surface area contributed by atoms with Gasteiger partial charge >= 0.3 is 0 Å². The molecule has 2 nitrogen and oxygen atoms in total. The average molecular weight is 197 g/mol. The Balaban J connectivity index is 2.63. The third kappa shape index (κ3) is 1.74. The van der Waals surface area contributed by atoms with Gasteiger partial charge in [-0.1, -0.05) is 42.5 Å². The predicted octanol–water partition coefficient (Wildman–Crippen LogP) is 2.75. The number of rotatable bonds is 2. The van der Waals surface area contributed by atoms with Crippen molar-refractivity contribution in [3.05, 3.63) is 54.1 Å². The molecule has 2 N–H and O–H groups in total. The maximum atomic E-state index is 10.9. The van der Waals surface area contributed by atoms with E-state index in [-0.39, 0.29) is 0 Å². The van der Waals surface area contributed by atoms with E-state index in [1.165, 1.54) is 0 Å². The highest BCUT2D eigenvalue weighted by atomic mass is 16.1. The van der Waals surface area contributed by atoms with Crippen LogP contribution in [0.2, 0.25) is 0 Å². The van der Waals surface area contributed by atoms with Crippen LogP contribution in [0.3, 0.4) is 0 Å². The van der Waals surface area contributed by atoms with Gasteiger partial charge < -0.3 is 5.73 Å². The highest BCUT2D eigenvalue weighted by Gasteiger charge is 2.06. The predicted molar refractivity (Wildman–Crippen MR) is 61.7 cm³/mol. The van der Waals surface area contributed by atoms with Crippen LogP contribution in [-0.4, -0.2) is 6.29 Å². The summed E-state index contributed by atoms with van der Waals surface area (Å²) >= 11 is 0. The number of nitrogens with two attached hydrogens (primary N) is 1. The Kier molecular flexibility index (Phi) is 2.50. The molecule has 2 aromatic carbocycles. The van der Waals surface area contributed by atoms with Crippen molar-refractivity contribution < 1.29 is 4.79 Å². The van der Waals surface area contributed by atoms with Gasteiger partial charge in [-0.05, 0) is 17.2 Å². The number of hydrogen-bond acceptors (Lipinski definition) is 2. The van der Waals surface area contributed by atoms with Crippen LogP contribution in [0.15, 0.2) is 48.5 Å². The summed E-state index contributed by atoms with van der Waals surface area (Å²) in [7, 11) is 0. The molecule has 0 aliphatic heterocycles. The van der Waals surface area contributed by atoms with E-state index in [4.69, 9.17) is 5.73 Å². The summed E-state index contributed by atoms with van der Waals surface area (Å²) in [6.07, 6.45) is 0.803. The Bertz CT molecular complexity index is 477. The summed E-state index contributed by atoms with van der Waals surface area (Å²) in [5, 5.41) is 0. The molecule has 0 bridgehead atoms. The van der Waals surface area contributed by atoms with Crippen LogP contribution in [-0.2, 0) is 0 Å². The molecule has 2 rings (SSSR count). The van der Waals surface area contributed by atoms with E-state index >= 15 is 0 Å². The second-order valence-corrected chi connectivity index (χ2v) is 3.29. The maximum Gasteiger partial charge on any atom is 0.152 e. The van der Waals surface area contributed by atoms with Crippen molar-refractivity contribution in [2.45, 2.75) is 0 Å². The van der Waals surface area contributed by atoms with E-state index in [0.717, 1.165) is 17.4 Å². The first-order chi connectivity index (χ1) is 7.33. The van der Waals surface area contributed by atoms with Crippen LogP contribution in [0, 0.1) is 0 Å². The largest absolute Gasteiger partial charge is 0.398 e. The minimum absolute atomic E-state index is 0.520. The summed E-state index contributed by atoms with van der Waals surface area (Å²) in [6, 6.07) is 15.2. The fraction of sp³-hybridized carbons (Fsp3) is 0. The molecule has 0 amide bonds. The SMILES string of the molecule is Nc1cccc(-c2ccccc2)c1C=O. The summed E-state index contributed by atoms with van der Waals surface area (Å²) in [5.74, 6) is 0. The summed E-state index contributed by atoms with van der Waals surface area (Å²) in [5.41, 5.74) is 8.70. The highest BCUT2D eigenvalue weighted by Crippen LogP contribution is 2.25. The third-order valence-corrected chi connectivity index (χ3v) is 2.34. The Hall–Kier alpha value is -2.09. The quantitative estimate of drug-likeness (QED) is 0.594. The number of carbonyl (C=O) groups is 1. The molecule has 0 unspecified atom stereocenters. The lowest BCUT2D eigenvalue weighted by molar-refractivity contribution is 0.112. The minimum Gasteiger partial charge on any atom is -0.398 e. The van der Waals surface area contributed by atoms with Gasteiger partial charge in [0.05, 0.1) is 0 Å². The molecule has 0 heterocycles. The van der Waals surface area contributed by atoms with Gasteiger partial charge in [-0.2, -0.15) is 0 Å². The number of anilines is 1. The molecule has 0 saturated heterocycles. The molecule has 15 heavy (non-hydrogen) atoms. The van der Waals surface area contributed by atoms with Crippen LogP contribution in [0.25, 0.3) is 11.1 Å². The van der Waals surface area contributed by atoms with E-state index in [2.05, 4.69) is 0 Å². The molecule has 0 aromatic heterocycles. The van der Waals surface area contributed by atoms with Crippen LogP contribution in [0.4, 0.5) is 5.69 Å². The lowest BCUT2D eigenvalue weighted by Gasteiger charge is -2.06. The van der Waals surface area contributed by atoms with Gasteiger partial charge in [0.15, 0.2) is 6.29 Å². The average Bonchev–Trinajstić information content (AvgIpc) is 2.30. The van der Waals surface area contributed by atoms with Gasteiger partial charge in [0.25, 0.3) is 0 Å². The fourth-order valence-corrected chi connectivity index (χ4v) is 1.58. The van der Waals surface area contributed by atoms with Crippen molar-refractivity contribution in [3.8, 4) is 11.1 Å². The Morgan fingerprint density at radius 3 is 2.33 bits per heavy atom. The monoisotopic (exact) mass is 197 g/mol. The molecule has 0 aliphatic carbocycles. The van der Waals surface area contributed by atoms with Gasteiger partial charge in [-0.15, -0.1) is 0 Å². The van der Waals surface area contributed by atoms with Gasteiger partial charge in [0, 0.05) is 11.3 Å². The normalized spacial score (nSPS) is 9.87. The third-order valence-electron chi connectivity index (χ3n) is 2.34. The van der Waals surface area contributed by atoms with Crippen LogP contribution >= 0.6 is 0 Å². The van der Waals surface area contributed by atoms with Crippen molar-refractivity contribution in [2.24, 2.45) is 0 Å². The number of benzene rings is 2. The smallest absolute Gasteiger partial charge is 0.152 e. The van der Waals surface area contributed by atoms with E-state index in [1.807, 2.05) is 42.5 Å². The first kappa shape index (κ1) is 9.46. The van der Waals surface area contributed by atoms with Crippen LogP contribution in [0.1, 0.15) is 10.4 Å². The van der Waals surface area contributed by atoms with Crippen LogP contribution < -0.4 is 5.73 Å². The molecular formula is C13H11NO. The van der Waals surface area contributed by atoms with E-state index in [1.54, 1.807) is 6.07 Å². The molecule has 0 aliphatic rings. The Labute approximate surface area is 88.4 Å². The molecule has 0 fully saturated rings.